The molecule has 0 unspecified atom stereocenters. The molecule has 1 saturated carbocycles. The van der Waals surface area contributed by atoms with Gasteiger partial charge in [-0.05, 0) is 67.1 Å². The first-order chi connectivity index (χ1) is 15.7. The molecule has 1 aliphatic heterocycles. The molecule has 1 saturated heterocycles. The molecular weight excluding hydrogens is 499 g/mol. The normalized spacial score (nSPS) is 19.2. The number of nitrogens with two attached hydrogens (primary N) is 1. The molecule has 2 aromatic carbocycles. The second-order valence-corrected chi connectivity index (χ2v) is 11.0. The second kappa shape index (κ2) is 10.8. The summed E-state index contributed by atoms with van der Waals surface area (Å²) in [6.45, 7) is 3.48. The van der Waals surface area contributed by atoms with Crippen LogP contribution in [0.2, 0.25) is 5.02 Å². The molecule has 2 amide bonds. The van der Waals surface area contributed by atoms with E-state index in [0.29, 0.717) is 43.5 Å². The lowest BCUT2D eigenvalue weighted by atomic mass is 10.1. The molecule has 11 heteroatoms. The molecule has 0 aromatic heterocycles. The summed E-state index contributed by atoms with van der Waals surface area (Å²) in [5, 5.41) is 2.13. The van der Waals surface area contributed by atoms with Gasteiger partial charge in [0.1, 0.15) is 12.1 Å². The highest BCUT2D eigenvalue weighted by molar-refractivity contribution is 7.89. The fourth-order valence-corrected chi connectivity index (χ4v) is 5.71. The minimum absolute atomic E-state index is 0. The molecule has 0 bridgehead atoms. The van der Waals surface area contributed by atoms with Crippen LogP contribution in [-0.2, 0) is 19.6 Å². The van der Waals surface area contributed by atoms with Crippen molar-refractivity contribution in [2.45, 2.75) is 43.2 Å². The fraction of sp³-hybridized carbons (Fsp3) is 0.478. The number of sulfonamides is 1. The third-order valence-corrected chi connectivity index (χ3v) is 8.04. The van der Waals surface area contributed by atoms with Crippen molar-refractivity contribution >= 4 is 56.6 Å². The number of nitrogens with one attached hydrogen (secondary N) is 1. The zero-order valence-corrected chi connectivity index (χ0v) is 21.3. The Kier molecular flexibility index (Phi) is 8.47. The van der Waals surface area contributed by atoms with Gasteiger partial charge in [0.15, 0.2) is 0 Å². The molecule has 8 nitrogen and oxygen atoms in total. The maximum Gasteiger partial charge on any atom is 0.245 e. The van der Waals surface area contributed by atoms with Crippen molar-refractivity contribution in [1.29, 1.82) is 0 Å². The van der Waals surface area contributed by atoms with Gasteiger partial charge in [-0.25, -0.2) is 8.42 Å². The van der Waals surface area contributed by atoms with Crippen LogP contribution in [0.5, 0.6) is 0 Å². The topological polar surface area (TPSA) is 113 Å². The monoisotopic (exact) mass is 528 g/mol. The molecular formula is C23H30Cl2N4O4S. The molecule has 2 aliphatic rings. The van der Waals surface area contributed by atoms with Gasteiger partial charge in [0.05, 0.1) is 4.90 Å². The summed E-state index contributed by atoms with van der Waals surface area (Å²) in [4.78, 5) is 29.3. The van der Waals surface area contributed by atoms with E-state index in [9.17, 15) is 18.0 Å². The van der Waals surface area contributed by atoms with Crippen LogP contribution >= 0.6 is 24.0 Å². The number of halogens is 2. The number of fused-ring (bicyclic) bond motifs is 1. The van der Waals surface area contributed by atoms with E-state index in [4.69, 9.17) is 17.3 Å². The van der Waals surface area contributed by atoms with Gasteiger partial charge in [-0.1, -0.05) is 23.7 Å². The molecule has 2 fully saturated rings. The van der Waals surface area contributed by atoms with Gasteiger partial charge in [0.2, 0.25) is 21.8 Å². The molecule has 34 heavy (non-hydrogen) atoms. The molecule has 1 heterocycles. The predicted octanol–water partition coefficient (Wildman–Crippen LogP) is 2.38. The van der Waals surface area contributed by atoms with Gasteiger partial charge in [0, 0.05) is 31.2 Å². The highest BCUT2D eigenvalue weighted by Crippen LogP contribution is 2.30. The van der Waals surface area contributed by atoms with Crippen molar-refractivity contribution in [3.63, 3.8) is 0 Å². The summed E-state index contributed by atoms with van der Waals surface area (Å²) < 4.78 is 28.5. The maximum atomic E-state index is 13.0. The summed E-state index contributed by atoms with van der Waals surface area (Å²) >= 11 is 6.00. The predicted molar refractivity (Wildman–Crippen MR) is 134 cm³/mol. The van der Waals surface area contributed by atoms with Gasteiger partial charge in [0.25, 0.3) is 0 Å². The zero-order valence-electron chi connectivity index (χ0n) is 18.9. The molecule has 186 valence electrons. The van der Waals surface area contributed by atoms with Gasteiger partial charge in [-0.3, -0.25) is 9.59 Å². The highest BCUT2D eigenvalue weighted by Gasteiger charge is 2.40. The molecule has 1 aliphatic carbocycles. The Morgan fingerprint density at radius 3 is 2.56 bits per heavy atom. The van der Waals surface area contributed by atoms with E-state index in [1.807, 2.05) is 0 Å². The molecule has 0 spiro atoms. The Bertz CT molecular complexity index is 1170. The van der Waals surface area contributed by atoms with E-state index in [1.165, 1.54) is 11.0 Å². The number of nitrogens with zero attached hydrogens (tertiary/aromatic N) is 2. The van der Waals surface area contributed by atoms with Crippen LogP contribution in [0.1, 0.15) is 26.2 Å². The van der Waals surface area contributed by atoms with Crippen molar-refractivity contribution in [3.8, 4) is 0 Å². The first kappa shape index (κ1) is 26.7. The largest absolute Gasteiger partial charge is 0.339 e. The minimum atomic E-state index is -3.92. The lowest BCUT2D eigenvalue weighted by molar-refractivity contribution is -0.143. The van der Waals surface area contributed by atoms with Crippen molar-refractivity contribution < 1.29 is 18.0 Å². The Balaban J connectivity index is 0.00000324. The quantitative estimate of drug-likeness (QED) is 0.518. The first-order valence-corrected chi connectivity index (χ1v) is 13.1. The van der Waals surface area contributed by atoms with E-state index in [0.717, 1.165) is 23.6 Å². The van der Waals surface area contributed by atoms with Crippen LogP contribution in [0.4, 0.5) is 0 Å². The summed E-state index contributed by atoms with van der Waals surface area (Å²) in [5.41, 5.74) is 5.68. The Morgan fingerprint density at radius 2 is 1.88 bits per heavy atom. The van der Waals surface area contributed by atoms with E-state index < -0.39 is 22.1 Å². The molecule has 0 radical (unpaired) electrons. The molecule has 3 N–H and O–H groups in total. The first-order valence-electron chi connectivity index (χ1n) is 11.2. The van der Waals surface area contributed by atoms with Gasteiger partial charge in [-0.2, -0.15) is 4.72 Å². The molecule has 2 atom stereocenters. The Labute approximate surface area is 211 Å². The number of amides is 2. The lowest BCUT2D eigenvalue weighted by Gasteiger charge is -2.30. The van der Waals surface area contributed by atoms with Crippen molar-refractivity contribution in [2.75, 3.05) is 26.2 Å². The second-order valence-electron chi connectivity index (χ2n) is 8.84. The van der Waals surface area contributed by atoms with Gasteiger partial charge in [-0.15, -0.1) is 12.4 Å². The number of rotatable bonds is 9. The van der Waals surface area contributed by atoms with Crippen molar-refractivity contribution in [2.24, 2.45) is 11.7 Å². The van der Waals surface area contributed by atoms with E-state index in [1.54, 1.807) is 42.2 Å². The lowest BCUT2D eigenvalue weighted by Crippen LogP contribution is -2.51. The standard InChI is InChI=1S/C23H29ClN4O4S.ClH/c1-15(22(29)27(11-9-25)14-16-2-3-16)28-10-8-21(23(28)30)26-33(31,32)20-7-5-17-12-19(24)6-4-18(17)13-20;/h4-7,12-13,15-16,21,26H,2-3,8-11,14,25H2,1H3;1H/t15-,21-;/m0./s1. The van der Waals surface area contributed by atoms with Crippen LogP contribution in [0.3, 0.4) is 0 Å². The fourth-order valence-electron chi connectivity index (χ4n) is 4.27. The van der Waals surface area contributed by atoms with Crippen LogP contribution in [0.15, 0.2) is 41.3 Å². The van der Waals surface area contributed by atoms with Crippen LogP contribution in [-0.4, -0.2) is 68.3 Å². The van der Waals surface area contributed by atoms with Gasteiger partial charge < -0.3 is 15.5 Å². The number of likely N-dealkylation sites (tertiary alicyclic amines) is 1. The van der Waals surface area contributed by atoms with E-state index >= 15 is 0 Å². The highest BCUT2D eigenvalue weighted by atomic mass is 35.5. The molecule has 4 rings (SSSR count). The number of hydrogen-bond donors (Lipinski definition) is 2. The average molecular weight is 529 g/mol. The van der Waals surface area contributed by atoms with E-state index in [-0.39, 0.29) is 29.1 Å². The van der Waals surface area contributed by atoms with Gasteiger partial charge >= 0.3 is 0 Å². The Hall–Kier alpha value is -1.91. The summed E-state index contributed by atoms with van der Waals surface area (Å²) in [5.74, 6) is -0.0111. The van der Waals surface area contributed by atoms with Crippen LogP contribution in [0.25, 0.3) is 10.8 Å². The average Bonchev–Trinajstić information content (AvgIpc) is 3.54. The van der Waals surface area contributed by atoms with Crippen LogP contribution < -0.4 is 10.5 Å². The minimum Gasteiger partial charge on any atom is -0.339 e. The van der Waals surface area contributed by atoms with Crippen molar-refractivity contribution in [1.82, 2.24) is 14.5 Å². The number of carbonyl (C=O) groups is 2. The summed E-state index contributed by atoms with van der Waals surface area (Å²) in [7, 11) is -3.92. The summed E-state index contributed by atoms with van der Waals surface area (Å²) in [6.07, 6.45) is 2.52. The van der Waals surface area contributed by atoms with Crippen molar-refractivity contribution in [3.05, 3.63) is 41.4 Å². The third-order valence-electron chi connectivity index (χ3n) is 6.33. The SMILES string of the molecule is C[C@@H](C(=O)N(CCN)CC1CC1)N1CC[C@H](NS(=O)(=O)c2ccc3cc(Cl)ccc3c2)C1=O.Cl. The van der Waals surface area contributed by atoms with E-state index in [2.05, 4.69) is 4.72 Å². The summed E-state index contributed by atoms with van der Waals surface area (Å²) in [6, 6.07) is 8.37. The Morgan fingerprint density at radius 1 is 1.21 bits per heavy atom. The number of carbonyl (C=O) groups excluding carboxylic acids is 2. The number of hydrogen-bond acceptors (Lipinski definition) is 5. The maximum absolute atomic E-state index is 13.0. The molecule has 2 aromatic rings. The zero-order chi connectivity index (χ0) is 23.8. The van der Waals surface area contributed by atoms with Crippen LogP contribution in [0, 0.1) is 5.92 Å². The smallest absolute Gasteiger partial charge is 0.245 e. The number of benzene rings is 2. The third kappa shape index (κ3) is 5.83.